The molecule has 0 aliphatic heterocycles. The fraction of sp³-hybridized carbons (Fsp3) is 0.462. The van der Waals surface area contributed by atoms with Crippen LogP contribution in [-0.4, -0.2) is 34.3 Å². The van der Waals surface area contributed by atoms with Gasteiger partial charge in [-0.15, -0.1) is 0 Å². The Morgan fingerprint density at radius 3 is 2.32 bits per heavy atom. The molecular formula is C13H19NO4S. The zero-order valence-corrected chi connectivity index (χ0v) is 12.2. The normalized spacial score (nSPS) is 13.0. The average molecular weight is 285 g/mol. The van der Waals surface area contributed by atoms with E-state index in [2.05, 4.69) is 5.32 Å². The number of sulfone groups is 1. The molecule has 19 heavy (non-hydrogen) atoms. The van der Waals surface area contributed by atoms with Crippen molar-refractivity contribution in [3.63, 3.8) is 0 Å². The molecule has 106 valence electrons. The summed E-state index contributed by atoms with van der Waals surface area (Å²) in [6.07, 6.45) is 1.88. The highest BCUT2D eigenvalue weighted by Crippen LogP contribution is 2.19. The third-order valence-corrected chi connectivity index (χ3v) is 3.86. The maximum atomic E-state index is 11.5. The number of methoxy groups -OCH3 is 1. The van der Waals surface area contributed by atoms with Crippen LogP contribution >= 0.6 is 0 Å². The van der Waals surface area contributed by atoms with E-state index in [0.717, 1.165) is 5.56 Å². The van der Waals surface area contributed by atoms with Gasteiger partial charge >= 0.3 is 0 Å². The SMILES string of the molecule is CCC(NC(=O)COC)c1ccc(S(C)(=O)=O)cc1. The molecule has 0 aliphatic rings. The number of rotatable bonds is 6. The summed E-state index contributed by atoms with van der Waals surface area (Å²) < 4.78 is 27.5. The van der Waals surface area contributed by atoms with E-state index in [-0.39, 0.29) is 23.5 Å². The lowest BCUT2D eigenvalue weighted by atomic mass is 10.0. The van der Waals surface area contributed by atoms with E-state index in [0.29, 0.717) is 6.42 Å². The maximum absolute atomic E-state index is 11.5. The van der Waals surface area contributed by atoms with Crippen LogP contribution in [0.2, 0.25) is 0 Å². The number of carbonyl (C=O) groups is 1. The quantitative estimate of drug-likeness (QED) is 0.855. The Labute approximate surface area is 113 Å². The van der Waals surface area contributed by atoms with Gasteiger partial charge < -0.3 is 10.1 Å². The molecule has 0 fully saturated rings. The molecule has 0 spiro atoms. The lowest BCUT2D eigenvalue weighted by Crippen LogP contribution is -2.31. The first-order valence-electron chi connectivity index (χ1n) is 5.96. The van der Waals surface area contributed by atoms with E-state index in [9.17, 15) is 13.2 Å². The van der Waals surface area contributed by atoms with Crippen LogP contribution in [0.3, 0.4) is 0 Å². The molecule has 0 saturated heterocycles. The van der Waals surface area contributed by atoms with Crippen LogP contribution in [-0.2, 0) is 19.4 Å². The van der Waals surface area contributed by atoms with Gasteiger partial charge in [-0.25, -0.2) is 8.42 Å². The minimum atomic E-state index is -3.19. The summed E-state index contributed by atoms with van der Waals surface area (Å²) in [5, 5.41) is 2.83. The van der Waals surface area contributed by atoms with E-state index in [4.69, 9.17) is 4.74 Å². The Kier molecular flexibility index (Phi) is 5.50. The zero-order valence-electron chi connectivity index (χ0n) is 11.3. The highest BCUT2D eigenvalue weighted by Gasteiger charge is 2.13. The summed E-state index contributed by atoms with van der Waals surface area (Å²) >= 11 is 0. The Bertz CT molecular complexity index is 522. The van der Waals surface area contributed by atoms with Crippen LogP contribution in [0.5, 0.6) is 0 Å². The van der Waals surface area contributed by atoms with Crippen molar-refractivity contribution in [2.75, 3.05) is 20.0 Å². The van der Waals surface area contributed by atoms with E-state index in [1.54, 1.807) is 24.3 Å². The van der Waals surface area contributed by atoms with Gasteiger partial charge in [0.2, 0.25) is 5.91 Å². The monoisotopic (exact) mass is 285 g/mol. The number of hydrogen-bond acceptors (Lipinski definition) is 4. The van der Waals surface area contributed by atoms with Crippen molar-refractivity contribution in [2.24, 2.45) is 0 Å². The van der Waals surface area contributed by atoms with Gasteiger partial charge in [0.25, 0.3) is 0 Å². The second-order valence-corrected chi connectivity index (χ2v) is 6.32. The predicted octanol–water partition coefficient (Wildman–Crippen LogP) is 1.30. The molecular weight excluding hydrogens is 266 g/mol. The van der Waals surface area contributed by atoms with Gasteiger partial charge in [-0.3, -0.25) is 4.79 Å². The van der Waals surface area contributed by atoms with E-state index >= 15 is 0 Å². The van der Waals surface area contributed by atoms with Gasteiger partial charge in [-0.05, 0) is 24.1 Å². The molecule has 1 rings (SSSR count). The van der Waals surface area contributed by atoms with Crippen molar-refractivity contribution in [1.29, 1.82) is 0 Å². The molecule has 5 nitrogen and oxygen atoms in total. The molecule has 0 heterocycles. The van der Waals surface area contributed by atoms with Crippen LogP contribution in [0, 0.1) is 0 Å². The Morgan fingerprint density at radius 2 is 1.89 bits per heavy atom. The number of nitrogens with one attached hydrogen (secondary N) is 1. The highest BCUT2D eigenvalue weighted by atomic mass is 32.2. The molecule has 0 aliphatic carbocycles. The zero-order chi connectivity index (χ0) is 14.5. The van der Waals surface area contributed by atoms with Crippen molar-refractivity contribution in [1.82, 2.24) is 5.32 Å². The molecule has 0 aromatic heterocycles. The maximum Gasteiger partial charge on any atom is 0.246 e. The molecule has 1 atom stereocenters. The van der Waals surface area contributed by atoms with Crippen LogP contribution in [0.1, 0.15) is 24.9 Å². The fourth-order valence-electron chi connectivity index (χ4n) is 1.74. The molecule has 0 radical (unpaired) electrons. The van der Waals surface area contributed by atoms with Crippen molar-refractivity contribution in [3.05, 3.63) is 29.8 Å². The first-order chi connectivity index (χ1) is 8.88. The Morgan fingerprint density at radius 1 is 1.32 bits per heavy atom. The molecule has 0 saturated carbocycles. The molecule has 1 unspecified atom stereocenters. The van der Waals surface area contributed by atoms with Gasteiger partial charge in [0.05, 0.1) is 10.9 Å². The summed E-state index contributed by atoms with van der Waals surface area (Å²) in [5.41, 5.74) is 0.874. The fourth-order valence-corrected chi connectivity index (χ4v) is 2.37. The lowest BCUT2D eigenvalue weighted by molar-refractivity contribution is -0.125. The molecule has 1 aromatic rings. The van der Waals surface area contributed by atoms with Gasteiger partial charge in [-0.1, -0.05) is 19.1 Å². The van der Waals surface area contributed by atoms with Crippen molar-refractivity contribution in [2.45, 2.75) is 24.3 Å². The average Bonchev–Trinajstić information content (AvgIpc) is 2.35. The molecule has 0 bridgehead atoms. The molecule has 1 aromatic carbocycles. The summed E-state index contributed by atoms with van der Waals surface area (Å²) in [7, 11) is -1.73. The van der Waals surface area contributed by atoms with Crippen molar-refractivity contribution in [3.8, 4) is 0 Å². The standard InChI is InChI=1S/C13H19NO4S/c1-4-12(14-13(15)9-18-2)10-5-7-11(8-6-10)19(3,16)17/h5-8,12H,4,9H2,1-3H3,(H,14,15). The van der Waals surface area contributed by atoms with Crippen LogP contribution in [0.25, 0.3) is 0 Å². The van der Waals surface area contributed by atoms with Crippen molar-refractivity contribution >= 4 is 15.7 Å². The Balaban J connectivity index is 2.85. The summed E-state index contributed by atoms with van der Waals surface area (Å²) in [5.74, 6) is -0.193. The topological polar surface area (TPSA) is 72.5 Å². The second-order valence-electron chi connectivity index (χ2n) is 4.30. The summed E-state index contributed by atoms with van der Waals surface area (Å²) in [4.78, 5) is 11.8. The Hall–Kier alpha value is -1.40. The molecule has 1 amide bonds. The summed E-state index contributed by atoms with van der Waals surface area (Å²) in [6, 6.07) is 6.40. The third kappa shape index (κ3) is 4.65. The second kappa shape index (κ2) is 6.68. The molecule has 6 heteroatoms. The van der Waals surface area contributed by atoms with E-state index in [1.807, 2.05) is 6.92 Å². The largest absolute Gasteiger partial charge is 0.375 e. The molecule has 1 N–H and O–H groups in total. The van der Waals surface area contributed by atoms with Gasteiger partial charge in [0, 0.05) is 13.4 Å². The predicted molar refractivity (Wildman–Crippen MR) is 72.6 cm³/mol. The number of benzene rings is 1. The van der Waals surface area contributed by atoms with Crippen LogP contribution in [0.4, 0.5) is 0 Å². The first-order valence-corrected chi connectivity index (χ1v) is 7.86. The highest BCUT2D eigenvalue weighted by molar-refractivity contribution is 7.90. The van der Waals surface area contributed by atoms with E-state index in [1.165, 1.54) is 13.4 Å². The van der Waals surface area contributed by atoms with Crippen molar-refractivity contribution < 1.29 is 17.9 Å². The summed E-state index contributed by atoms with van der Waals surface area (Å²) in [6.45, 7) is 1.96. The minimum absolute atomic E-state index is 0.0118. The minimum Gasteiger partial charge on any atom is -0.375 e. The van der Waals surface area contributed by atoms with Crippen LogP contribution in [0.15, 0.2) is 29.2 Å². The lowest BCUT2D eigenvalue weighted by Gasteiger charge is -2.17. The third-order valence-electron chi connectivity index (χ3n) is 2.73. The number of amides is 1. The van der Waals surface area contributed by atoms with Crippen LogP contribution < -0.4 is 5.32 Å². The van der Waals surface area contributed by atoms with Gasteiger partial charge in [-0.2, -0.15) is 0 Å². The number of ether oxygens (including phenoxy) is 1. The van der Waals surface area contributed by atoms with Gasteiger partial charge in [0.1, 0.15) is 6.61 Å². The van der Waals surface area contributed by atoms with Gasteiger partial charge in [0.15, 0.2) is 9.84 Å². The number of hydrogen-bond donors (Lipinski definition) is 1. The first kappa shape index (κ1) is 15.7. The number of carbonyl (C=O) groups excluding carboxylic acids is 1. The smallest absolute Gasteiger partial charge is 0.246 e. The van der Waals surface area contributed by atoms with E-state index < -0.39 is 9.84 Å².